The van der Waals surface area contributed by atoms with Crippen LogP contribution in [0.2, 0.25) is 0 Å². The van der Waals surface area contributed by atoms with Crippen LogP contribution in [0.1, 0.15) is 28.0 Å². The number of carbonyl (C=O) groups excluding carboxylic acids is 1. The van der Waals surface area contributed by atoms with E-state index in [0.29, 0.717) is 18.7 Å². The third-order valence-electron chi connectivity index (χ3n) is 5.18. The second-order valence-corrected chi connectivity index (χ2v) is 7.09. The molecule has 2 aromatic carbocycles. The van der Waals surface area contributed by atoms with Gasteiger partial charge in [-0.15, -0.1) is 0 Å². The van der Waals surface area contributed by atoms with Crippen LogP contribution in [0.3, 0.4) is 0 Å². The molecular formula is C23H20N4O2. The molecule has 0 saturated carbocycles. The van der Waals surface area contributed by atoms with E-state index in [1.807, 2.05) is 35.0 Å². The molecule has 2 aromatic heterocycles. The van der Waals surface area contributed by atoms with Crippen LogP contribution in [0.15, 0.2) is 67.3 Å². The number of nitrogens with zero attached hydrogens (tertiary/aromatic N) is 3. The van der Waals surface area contributed by atoms with E-state index in [2.05, 4.69) is 39.6 Å². The highest BCUT2D eigenvalue weighted by Gasteiger charge is 2.10. The van der Waals surface area contributed by atoms with E-state index in [9.17, 15) is 4.79 Å². The highest BCUT2D eigenvalue weighted by molar-refractivity contribution is 5.99. The van der Waals surface area contributed by atoms with E-state index in [4.69, 9.17) is 4.74 Å². The lowest BCUT2D eigenvalue weighted by Crippen LogP contribution is -2.22. The Kier molecular flexibility index (Phi) is 4.54. The van der Waals surface area contributed by atoms with Gasteiger partial charge in [0.15, 0.2) is 5.65 Å². The van der Waals surface area contributed by atoms with Gasteiger partial charge in [-0.2, -0.15) is 0 Å². The molecule has 0 fully saturated rings. The number of hydrogen-bond donors (Lipinski definition) is 1. The maximum atomic E-state index is 12.6. The summed E-state index contributed by atoms with van der Waals surface area (Å²) in [6.07, 6.45) is 10.2. The molecule has 0 atom stereocenters. The highest BCUT2D eigenvalue weighted by Crippen LogP contribution is 2.26. The van der Waals surface area contributed by atoms with Gasteiger partial charge in [-0.1, -0.05) is 24.3 Å². The minimum absolute atomic E-state index is 0.113. The first-order valence-electron chi connectivity index (χ1n) is 9.63. The summed E-state index contributed by atoms with van der Waals surface area (Å²) >= 11 is 0. The molecule has 0 saturated heterocycles. The molecule has 4 aromatic rings. The second-order valence-electron chi connectivity index (χ2n) is 7.09. The number of aromatic nitrogens is 3. The van der Waals surface area contributed by atoms with Crippen LogP contribution >= 0.6 is 0 Å². The van der Waals surface area contributed by atoms with Crippen molar-refractivity contribution in [1.82, 2.24) is 19.7 Å². The number of imidazole rings is 1. The first-order chi connectivity index (χ1) is 14.3. The molecule has 0 radical (unpaired) electrons. The molecule has 0 bridgehead atoms. The average Bonchev–Trinajstić information content (AvgIpc) is 3.20. The summed E-state index contributed by atoms with van der Waals surface area (Å²) in [4.78, 5) is 21.1. The van der Waals surface area contributed by atoms with Gasteiger partial charge in [0.05, 0.1) is 31.6 Å². The van der Waals surface area contributed by atoms with E-state index in [1.54, 1.807) is 12.4 Å². The fourth-order valence-electron chi connectivity index (χ4n) is 3.63. The van der Waals surface area contributed by atoms with Crippen LogP contribution in [0, 0.1) is 0 Å². The summed E-state index contributed by atoms with van der Waals surface area (Å²) in [6, 6.07) is 12.2. The SMILES string of the molecule is O=C(NCc1cn2ccncc2n1)c1ccc2cc(C3=CCOCC3)ccc2c1. The number of amides is 1. The number of fused-ring (bicyclic) bond motifs is 2. The topological polar surface area (TPSA) is 68.5 Å². The Balaban J connectivity index is 1.32. The third-order valence-corrected chi connectivity index (χ3v) is 5.18. The third kappa shape index (κ3) is 3.62. The largest absolute Gasteiger partial charge is 0.377 e. The number of ether oxygens (including phenoxy) is 1. The number of nitrogens with one attached hydrogen (secondary N) is 1. The van der Waals surface area contributed by atoms with Crippen molar-refractivity contribution >= 4 is 27.9 Å². The van der Waals surface area contributed by atoms with Crippen LogP contribution in [0.4, 0.5) is 0 Å². The molecule has 3 heterocycles. The standard InChI is InChI=1S/C23H20N4O2/c28-23(25-13-21-15-27-8-7-24-14-22(27)26-21)20-4-3-18-11-17(1-2-19(18)12-20)16-5-9-29-10-6-16/h1-5,7-8,11-12,14-15H,6,9-10,13H2,(H,25,28). The lowest BCUT2D eigenvalue weighted by Gasteiger charge is -2.14. The molecule has 1 aliphatic heterocycles. The number of hydrogen-bond acceptors (Lipinski definition) is 4. The Morgan fingerprint density at radius 2 is 2.07 bits per heavy atom. The zero-order valence-corrected chi connectivity index (χ0v) is 15.8. The van der Waals surface area contributed by atoms with Crippen molar-refractivity contribution in [2.45, 2.75) is 13.0 Å². The summed E-state index contributed by atoms with van der Waals surface area (Å²) < 4.78 is 7.28. The van der Waals surface area contributed by atoms with Crippen LogP contribution in [0.25, 0.3) is 22.0 Å². The number of carbonyl (C=O) groups is 1. The Hall–Kier alpha value is -3.51. The van der Waals surface area contributed by atoms with Gasteiger partial charge < -0.3 is 14.5 Å². The smallest absolute Gasteiger partial charge is 0.251 e. The summed E-state index contributed by atoms with van der Waals surface area (Å²) in [6.45, 7) is 1.81. The van der Waals surface area contributed by atoms with Crippen molar-refractivity contribution in [1.29, 1.82) is 0 Å². The number of rotatable bonds is 4. The molecule has 1 amide bonds. The fraction of sp³-hybridized carbons (Fsp3) is 0.174. The van der Waals surface area contributed by atoms with E-state index in [1.165, 1.54) is 11.1 Å². The maximum absolute atomic E-state index is 12.6. The molecule has 0 unspecified atom stereocenters. The average molecular weight is 384 g/mol. The van der Waals surface area contributed by atoms with Crippen molar-refractivity contribution in [3.05, 3.63) is 84.1 Å². The molecule has 0 spiro atoms. The van der Waals surface area contributed by atoms with Crippen LogP contribution in [0.5, 0.6) is 0 Å². The van der Waals surface area contributed by atoms with Crippen LogP contribution < -0.4 is 5.32 Å². The van der Waals surface area contributed by atoms with Gasteiger partial charge in [0, 0.05) is 24.2 Å². The molecule has 5 rings (SSSR count). The molecule has 1 aliphatic rings. The highest BCUT2D eigenvalue weighted by atomic mass is 16.5. The van der Waals surface area contributed by atoms with Gasteiger partial charge in [0.1, 0.15) is 0 Å². The predicted molar refractivity (Wildman–Crippen MR) is 112 cm³/mol. The Morgan fingerprint density at radius 3 is 2.93 bits per heavy atom. The monoisotopic (exact) mass is 384 g/mol. The number of benzene rings is 2. The molecule has 6 nitrogen and oxygen atoms in total. The van der Waals surface area contributed by atoms with E-state index in [-0.39, 0.29) is 5.91 Å². The van der Waals surface area contributed by atoms with E-state index < -0.39 is 0 Å². The normalized spacial score (nSPS) is 14.1. The molecule has 1 N–H and O–H groups in total. The van der Waals surface area contributed by atoms with Crippen molar-refractivity contribution in [2.24, 2.45) is 0 Å². The zero-order chi connectivity index (χ0) is 19.6. The molecule has 6 heteroatoms. The van der Waals surface area contributed by atoms with Crippen LogP contribution in [-0.4, -0.2) is 33.5 Å². The van der Waals surface area contributed by atoms with Gasteiger partial charge in [-0.05, 0) is 46.5 Å². The quantitative estimate of drug-likeness (QED) is 0.584. The lowest BCUT2D eigenvalue weighted by atomic mass is 9.97. The minimum atomic E-state index is -0.113. The van der Waals surface area contributed by atoms with Gasteiger partial charge in [-0.3, -0.25) is 9.78 Å². The van der Waals surface area contributed by atoms with Gasteiger partial charge in [0.2, 0.25) is 0 Å². The van der Waals surface area contributed by atoms with Crippen LogP contribution in [-0.2, 0) is 11.3 Å². The fourth-order valence-corrected chi connectivity index (χ4v) is 3.63. The van der Waals surface area contributed by atoms with Gasteiger partial charge in [-0.25, -0.2) is 4.98 Å². The van der Waals surface area contributed by atoms with Crippen molar-refractivity contribution < 1.29 is 9.53 Å². The van der Waals surface area contributed by atoms with Crippen molar-refractivity contribution in [2.75, 3.05) is 13.2 Å². The first kappa shape index (κ1) is 17.6. The first-order valence-corrected chi connectivity index (χ1v) is 9.63. The summed E-state index contributed by atoms with van der Waals surface area (Å²) in [5.41, 5.74) is 4.74. The van der Waals surface area contributed by atoms with E-state index >= 15 is 0 Å². The minimum Gasteiger partial charge on any atom is -0.377 e. The van der Waals surface area contributed by atoms with Crippen molar-refractivity contribution in [3.63, 3.8) is 0 Å². The summed E-state index contributed by atoms with van der Waals surface area (Å²) in [7, 11) is 0. The molecule has 144 valence electrons. The lowest BCUT2D eigenvalue weighted by molar-refractivity contribution is 0.0950. The van der Waals surface area contributed by atoms with Gasteiger partial charge >= 0.3 is 0 Å². The Labute approximate surface area is 167 Å². The molecule has 0 aliphatic carbocycles. The van der Waals surface area contributed by atoms with E-state index in [0.717, 1.165) is 35.1 Å². The predicted octanol–water partition coefficient (Wildman–Crippen LogP) is 3.62. The van der Waals surface area contributed by atoms with Crippen molar-refractivity contribution in [3.8, 4) is 0 Å². The zero-order valence-electron chi connectivity index (χ0n) is 15.8. The maximum Gasteiger partial charge on any atom is 0.251 e. The molecular weight excluding hydrogens is 364 g/mol. The van der Waals surface area contributed by atoms with Gasteiger partial charge in [0.25, 0.3) is 5.91 Å². The Bertz CT molecular complexity index is 1210. The summed E-state index contributed by atoms with van der Waals surface area (Å²) in [5.74, 6) is -0.113. The Morgan fingerprint density at radius 1 is 1.17 bits per heavy atom. The second kappa shape index (κ2) is 7.48. The summed E-state index contributed by atoms with van der Waals surface area (Å²) in [5, 5.41) is 5.12. The molecule has 29 heavy (non-hydrogen) atoms.